The van der Waals surface area contributed by atoms with Gasteiger partial charge in [0.15, 0.2) is 0 Å². The molecule has 0 heterocycles. The van der Waals surface area contributed by atoms with Crippen molar-refractivity contribution in [3.63, 3.8) is 0 Å². The summed E-state index contributed by atoms with van der Waals surface area (Å²) in [7, 11) is 0. The second-order valence-electron chi connectivity index (χ2n) is 5.05. The van der Waals surface area contributed by atoms with Crippen molar-refractivity contribution in [2.45, 2.75) is 46.0 Å². The van der Waals surface area contributed by atoms with Crippen LogP contribution in [0.3, 0.4) is 0 Å². The minimum Gasteiger partial charge on any atom is -0.162 e. The molecule has 0 aliphatic rings. The first-order valence-corrected chi connectivity index (χ1v) is 8.99. The number of benzene rings is 1. The fraction of sp³-hybridized carbons (Fsp3) is 0.625. The van der Waals surface area contributed by atoms with Gasteiger partial charge in [-0.15, -0.1) is 0 Å². The molecule has 1 atom stereocenters. The lowest BCUT2D eigenvalue weighted by molar-refractivity contribution is 0.596. The van der Waals surface area contributed by atoms with Crippen molar-refractivity contribution in [3.8, 4) is 0 Å². The van der Waals surface area contributed by atoms with E-state index < -0.39 is 0 Å². The predicted octanol–water partition coefficient (Wildman–Crippen LogP) is 5.94. The molecule has 0 fully saturated rings. The summed E-state index contributed by atoms with van der Waals surface area (Å²) in [6.07, 6.45) is 6.63. The quantitative estimate of drug-likeness (QED) is 0.505. The Labute approximate surface area is 125 Å². The zero-order valence-corrected chi connectivity index (χ0v) is 14.0. The third kappa shape index (κ3) is 7.48. The summed E-state index contributed by atoms with van der Waals surface area (Å²) in [5, 5.41) is 0. The maximum Gasteiger partial charge on any atom is 0.0175 e. The summed E-state index contributed by atoms with van der Waals surface area (Å²) < 4.78 is 1.17. The van der Waals surface area contributed by atoms with Gasteiger partial charge in [0.2, 0.25) is 0 Å². The molecule has 0 nitrogen and oxygen atoms in total. The van der Waals surface area contributed by atoms with Crippen molar-refractivity contribution >= 4 is 27.7 Å². The Morgan fingerprint density at radius 3 is 2.56 bits per heavy atom. The first-order chi connectivity index (χ1) is 8.72. The van der Waals surface area contributed by atoms with Gasteiger partial charge in [-0.3, -0.25) is 0 Å². The number of hydrogen-bond acceptors (Lipinski definition) is 1. The predicted molar refractivity (Wildman–Crippen MR) is 88.5 cm³/mol. The second kappa shape index (κ2) is 9.91. The largest absolute Gasteiger partial charge is 0.162 e. The molecule has 0 aromatic heterocycles. The van der Waals surface area contributed by atoms with Crippen LogP contribution in [0.25, 0.3) is 0 Å². The summed E-state index contributed by atoms with van der Waals surface area (Å²) in [4.78, 5) is 0. The minimum atomic E-state index is 0.834. The van der Waals surface area contributed by atoms with E-state index in [9.17, 15) is 0 Å². The average molecular weight is 329 g/mol. The Morgan fingerprint density at radius 1 is 1.17 bits per heavy atom. The smallest absolute Gasteiger partial charge is 0.0175 e. The van der Waals surface area contributed by atoms with Gasteiger partial charge < -0.3 is 0 Å². The lowest BCUT2D eigenvalue weighted by Crippen LogP contribution is -2.01. The Kier molecular flexibility index (Phi) is 8.87. The van der Waals surface area contributed by atoms with Crippen LogP contribution < -0.4 is 0 Å². The molecular weight excluding hydrogens is 304 g/mol. The van der Waals surface area contributed by atoms with Crippen molar-refractivity contribution in [1.29, 1.82) is 0 Å². The maximum atomic E-state index is 3.48. The fourth-order valence-corrected chi connectivity index (χ4v) is 3.29. The Balaban J connectivity index is 2.09. The van der Waals surface area contributed by atoms with Crippen LogP contribution >= 0.6 is 27.7 Å². The van der Waals surface area contributed by atoms with Crippen LogP contribution in [-0.4, -0.2) is 11.5 Å². The summed E-state index contributed by atoms with van der Waals surface area (Å²) >= 11 is 5.61. The SMILES string of the molecule is CCCCCSCC(C)CCc1ccc(Br)cc1. The normalized spacial score (nSPS) is 12.6. The van der Waals surface area contributed by atoms with Crippen LogP contribution in [0, 0.1) is 5.92 Å². The zero-order valence-electron chi connectivity index (χ0n) is 11.6. The molecule has 0 amide bonds. The standard InChI is InChI=1S/C16H25BrS/c1-3-4-5-12-18-13-14(2)6-7-15-8-10-16(17)11-9-15/h8-11,14H,3-7,12-13H2,1-2H3. The van der Waals surface area contributed by atoms with Crippen molar-refractivity contribution in [2.24, 2.45) is 5.92 Å². The van der Waals surface area contributed by atoms with E-state index in [4.69, 9.17) is 0 Å². The number of aryl methyl sites for hydroxylation is 1. The van der Waals surface area contributed by atoms with Gasteiger partial charge in [-0.2, -0.15) is 11.8 Å². The van der Waals surface area contributed by atoms with E-state index in [1.165, 1.54) is 53.6 Å². The summed E-state index contributed by atoms with van der Waals surface area (Å²) in [5.74, 6) is 3.50. The van der Waals surface area contributed by atoms with Gasteiger partial charge in [-0.1, -0.05) is 54.8 Å². The second-order valence-corrected chi connectivity index (χ2v) is 7.12. The minimum absolute atomic E-state index is 0.834. The monoisotopic (exact) mass is 328 g/mol. The Bertz CT molecular complexity index is 307. The zero-order chi connectivity index (χ0) is 13.2. The maximum absolute atomic E-state index is 3.48. The van der Waals surface area contributed by atoms with Gasteiger partial charge in [-0.05, 0) is 54.4 Å². The highest BCUT2D eigenvalue weighted by atomic mass is 79.9. The highest BCUT2D eigenvalue weighted by molar-refractivity contribution is 9.10. The molecule has 0 N–H and O–H groups in total. The van der Waals surface area contributed by atoms with Crippen LogP contribution in [0.2, 0.25) is 0 Å². The van der Waals surface area contributed by atoms with Gasteiger partial charge >= 0.3 is 0 Å². The van der Waals surface area contributed by atoms with Gasteiger partial charge in [0, 0.05) is 4.47 Å². The molecule has 0 spiro atoms. The van der Waals surface area contributed by atoms with Gasteiger partial charge in [0.05, 0.1) is 0 Å². The Hall–Kier alpha value is 0.0500. The molecule has 1 rings (SSSR count). The van der Waals surface area contributed by atoms with Gasteiger partial charge in [-0.25, -0.2) is 0 Å². The van der Waals surface area contributed by atoms with Crippen LogP contribution in [0.5, 0.6) is 0 Å². The lowest BCUT2D eigenvalue weighted by Gasteiger charge is -2.11. The third-order valence-electron chi connectivity index (χ3n) is 3.13. The number of hydrogen-bond donors (Lipinski definition) is 0. The Morgan fingerprint density at radius 2 is 1.89 bits per heavy atom. The third-order valence-corrected chi connectivity index (χ3v) is 5.04. The lowest BCUT2D eigenvalue weighted by atomic mass is 10.0. The van der Waals surface area contributed by atoms with Gasteiger partial charge in [0.1, 0.15) is 0 Å². The van der Waals surface area contributed by atoms with E-state index >= 15 is 0 Å². The molecule has 0 radical (unpaired) electrons. The van der Waals surface area contributed by atoms with Gasteiger partial charge in [0.25, 0.3) is 0 Å². The molecule has 0 bridgehead atoms. The molecule has 2 heteroatoms. The van der Waals surface area contributed by atoms with Crippen LogP contribution in [0.15, 0.2) is 28.7 Å². The molecule has 0 aliphatic carbocycles. The topological polar surface area (TPSA) is 0 Å². The van der Waals surface area contributed by atoms with Crippen molar-refractivity contribution < 1.29 is 0 Å². The molecule has 0 aliphatic heterocycles. The van der Waals surface area contributed by atoms with Crippen LogP contribution in [-0.2, 0) is 6.42 Å². The van der Waals surface area contributed by atoms with E-state index in [0.717, 1.165) is 5.92 Å². The van der Waals surface area contributed by atoms with E-state index in [0.29, 0.717) is 0 Å². The number of thioether (sulfide) groups is 1. The first-order valence-electron chi connectivity index (χ1n) is 7.04. The molecule has 0 saturated heterocycles. The molecule has 1 aromatic carbocycles. The summed E-state index contributed by atoms with van der Waals surface area (Å²) in [5.41, 5.74) is 1.46. The summed E-state index contributed by atoms with van der Waals surface area (Å²) in [6, 6.07) is 8.73. The number of rotatable bonds is 9. The fourth-order valence-electron chi connectivity index (χ4n) is 1.89. The molecule has 18 heavy (non-hydrogen) atoms. The average Bonchev–Trinajstić information content (AvgIpc) is 2.38. The van der Waals surface area contributed by atoms with E-state index in [1.54, 1.807) is 0 Å². The molecule has 0 saturated carbocycles. The van der Waals surface area contributed by atoms with Crippen LogP contribution in [0.4, 0.5) is 0 Å². The van der Waals surface area contributed by atoms with Crippen molar-refractivity contribution in [1.82, 2.24) is 0 Å². The molecule has 1 aromatic rings. The number of halogens is 1. The van der Waals surface area contributed by atoms with E-state index in [1.807, 2.05) is 0 Å². The highest BCUT2D eigenvalue weighted by Crippen LogP contribution is 2.17. The van der Waals surface area contributed by atoms with Crippen molar-refractivity contribution in [3.05, 3.63) is 34.3 Å². The summed E-state index contributed by atoms with van der Waals surface area (Å²) in [6.45, 7) is 4.65. The van der Waals surface area contributed by atoms with Crippen LogP contribution in [0.1, 0.15) is 45.1 Å². The van der Waals surface area contributed by atoms with E-state index in [-0.39, 0.29) is 0 Å². The molecular formula is C16H25BrS. The molecule has 102 valence electrons. The first kappa shape index (κ1) is 16.1. The highest BCUT2D eigenvalue weighted by Gasteiger charge is 2.03. The van der Waals surface area contributed by atoms with Crippen molar-refractivity contribution in [2.75, 3.05) is 11.5 Å². The number of unbranched alkanes of at least 4 members (excludes halogenated alkanes) is 2. The molecule has 1 unspecified atom stereocenters. The van der Waals surface area contributed by atoms with E-state index in [2.05, 4.69) is 65.8 Å².